The van der Waals surface area contributed by atoms with Crippen molar-refractivity contribution in [3.05, 3.63) is 35.6 Å². The molecule has 1 rings (SSSR count). The van der Waals surface area contributed by atoms with Crippen molar-refractivity contribution in [2.45, 2.75) is 26.3 Å². The highest BCUT2D eigenvalue weighted by Gasteiger charge is 2.04. The number of Topliss-reactive ketones (excluding diaryl/α,β-unsaturated/α-hetero) is 1. The van der Waals surface area contributed by atoms with Gasteiger partial charge in [-0.1, -0.05) is 18.2 Å². The van der Waals surface area contributed by atoms with Gasteiger partial charge in [0, 0.05) is 18.5 Å². The van der Waals surface area contributed by atoms with Crippen LogP contribution in [-0.4, -0.2) is 24.3 Å². The third-order valence-corrected chi connectivity index (χ3v) is 2.47. The molecule has 0 bridgehead atoms. The Morgan fingerprint density at radius 1 is 1.38 bits per heavy atom. The molecule has 2 nitrogen and oxygen atoms in total. The number of nitrogens with zero attached hydrogens (tertiary/aromatic N) is 1. The Labute approximate surface area is 96.1 Å². The van der Waals surface area contributed by atoms with Crippen molar-refractivity contribution < 1.29 is 9.18 Å². The molecule has 0 aliphatic rings. The molecule has 0 heterocycles. The zero-order valence-corrected chi connectivity index (χ0v) is 9.87. The maximum atomic E-state index is 13.3. The van der Waals surface area contributed by atoms with Gasteiger partial charge >= 0.3 is 0 Å². The Morgan fingerprint density at radius 3 is 2.69 bits per heavy atom. The zero-order valence-electron chi connectivity index (χ0n) is 9.87. The summed E-state index contributed by atoms with van der Waals surface area (Å²) in [4.78, 5) is 12.8. The fraction of sp³-hybridized carbons (Fsp3) is 0.462. The predicted octanol–water partition coefficient (Wildman–Crippen LogP) is 2.63. The minimum Gasteiger partial charge on any atom is -0.302 e. The van der Waals surface area contributed by atoms with Crippen LogP contribution in [-0.2, 0) is 11.3 Å². The number of hydrogen-bond donors (Lipinski definition) is 0. The molecule has 0 aliphatic carbocycles. The van der Waals surface area contributed by atoms with Crippen LogP contribution < -0.4 is 0 Å². The van der Waals surface area contributed by atoms with Gasteiger partial charge in [0.1, 0.15) is 11.6 Å². The van der Waals surface area contributed by atoms with E-state index in [0.717, 1.165) is 13.0 Å². The van der Waals surface area contributed by atoms with Crippen molar-refractivity contribution in [2.24, 2.45) is 0 Å². The van der Waals surface area contributed by atoms with E-state index in [9.17, 15) is 9.18 Å². The summed E-state index contributed by atoms with van der Waals surface area (Å²) in [7, 11) is 1.94. The summed E-state index contributed by atoms with van der Waals surface area (Å²) in [5.41, 5.74) is 0.702. The van der Waals surface area contributed by atoms with Gasteiger partial charge in [-0.15, -0.1) is 0 Å². The van der Waals surface area contributed by atoms with E-state index in [1.807, 2.05) is 18.0 Å². The topological polar surface area (TPSA) is 20.3 Å². The van der Waals surface area contributed by atoms with Gasteiger partial charge in [-0.2, -0.15) is 0 Å². The standard InChI is InChI=1S/C13H18FNO/c1-11(16)6-5-9-15(2)10-12-7-3-4-8-13(12)14/h3-4,7-8H,5-6,9-10H2,1-2H3. The minimum absolute atomic E-state index is 0.166. The molecule has 0 saturated heterocycles. The average molecular weight is 223 g/mol. The molecule has 0 unspecified atom stereocenters. The molecule has 0 aromatic heterocycles. The molecule has 1 aromatic carbocycles. The van der Waals surface area contributed by atoms with Gasteiger partial charge in [-0.3, -0.25) is 0 Å². The lowest BCUT2D eigenvalue weighted by Crippen LogP contribution is -2.20. The second kappa shape index (κ2) is 6.38. The summed E-state index contributed by atoms with van der Waals surface area (Å²) in [6.45, 7) is 3.00. The Balaban J connectivity index is 2.37. The van der Waals surface area contributed by atoms with Gasteiger partial charge in [0.05, 0.1) is 0 Å². The lowest BCUT2D eigenvalue weighted by atomic mass is 10.2. The molecule has 0 saturated carbocycles. The maximum Gasteiger partial charge on any atom is 0.129 e. The van der Waals surface area contributed by atoms with Crippen molar-refractivity contribution in [3.8, 4) is 0 Å². The van der Waals surface area contributed by atoms with E-state index in [4.69, 9.17) is 0 Å². The number of benzene rings is 1. The molecule has 16 heavy (non-hydrogen) atoms. The molecule has 0 N–H and O–H groups in total. The first-order chi connectivity index (χ1) is 7.59. The number of carbonyl (C=O) groups excluding carboxylic acids is 1. The highest BCUT2D eigenvalue weighted by atomic mass is 19.1. The Kier molecular flexibility index (Phi) is 5.12. The number of halogens is 1. The third kappa shape index (κ3) is 4.53. The van der Waals surface area contributed by atoms with Crippen molar-refractivity contribution in [2.75, 3.05) is 13.6 Å². The number of ketones is 1. The second-order valence-electron chi connectivity index (χ2n) is 4.13. The van der Waals surface area contributed by atoms with Crippen LogP contribution in [0.4, 0.5) is 4.39 Å². The zero-order chi connectivity index (χ0) is 12.0. The van der Waals surface area contributed by atoms with Crippen LogP contribution in [0.25, 0.3) is 0 Å². The molecular formula is C13H18FNO. The summed E-state index contributed by atoms with van der Waals surface area (Å²) in [6, 6.07) is 6.78. The van der Waals surface area contributed by atoms with E-state index in [0.29, 0.717) is 18.5 Å². The van der Waals surface area contributed by atoms with E-state index in [-0.39, 0.29) is 11.6 Å². The lowest BCUT2D eigenvalue weighted by Gasteiger charge is -2.16. The summed E-state index contributed by atoms with van der Waals surface area (Å²) in [5, 5.41) is 0. The largest absolute Gasteiger partial charge is 0.302 e. The van der Waals surface area contributed by atoms with Gasteiger partial charge in [0.2, 0.25) is 0 Å². The Hall–Kier alpha value is -1.22. The van der Waals surface area contributed by atoms with Crippen molar-refractivity contribution in [1.82, 2.24) is 4.90 Å². The third-order valence-electron chi connectivity index (χ3n) is 2.47. The Bertz CT molecular complexity index is 352. The number of rotatable bonds is 6. The first-order valence-corrected chi connectivity index (χ1v) is 5.51. The number of carbonyl (C=O) groups is 1. The molecular weight excluding hydrogens is 205 g/mol. The highest BCUT2D eigenvalue weighted by Crippen LogP contribution is 2.09. The average Bonchev–Trinajstić information content (AvgIpc) is 2.21. The quantitative estimate of drug-likeness (QED) is 0.739. The van der Waals surface area contributed by atoms with Gasteiger partial charge in [-0.05, 0) is 33.0 Å². The molecule has 0 spiro atoms. The first-order valence-electron chi connectivity index (χ1n) is 5.51. The van der Waals surface area contributed by atoms with Crippen LogP contribution in [0, 0.1) is 5.82 Å². The number of hydrogen-bond acceptors (Lipinski definition) is 2. The molecule has 0 atom stereocenters. The second-order valence-corrected chi connectivity index (χ2v) is 4.13. The monoisotopic (exact) mass is 223 g/mol. The molecule has 0 radical (unpaired) electrons. The van der Waals surface area contributed by atoms with Crippen molar-refractivity contribution in [1.29, 1.82) is 0 Å². The molecule has 88 valence electrons. The molecule has 1 aromatic rings. The lowest BCUT2D eigenvalue weighted by molar-refractivity contribution is -0.117. The summed E-state index contributed by atoms with van der Waals surface area (Å²) < 4.78 is 13.3. The van der Waals surface area contributed by atoms with Gasteiger partial charge < -0.3 is 9.69 Å². The van der Waals surface area contributed by atoms with Crippen LogP contribution in [0.2, 0.25) is 0 Å². The fourth-order valence-corrected chi connectivity index (χ4v) is 1.59. The smallest absolute Gasteiger partial charge is 0.129 e. The van der Waals surface area contributed by atoms with E-state index in [2.05, 4.69) is 0 Å². The molecule has 3 heteroatoms. The minimum atomic E-state index is -0.166. The summed E-state index contributed by atoms with van der Waals surface area (Å²) >= 11 is 0. The van der Waals surface area contributed by atoms with E-state index < -0.39 is 0 Å². The van der Waals surface area contributed by atoms with Crippen LogP contribution in [0.5, 0.6) is 0 Å². The van der Waals surface area contributed by atoms with Crippen LogP contribution in [0.1, 0.15) is 25.3 Å². The van der Waals surface area contributed by atoms with E-state index >= 15 is 0 Å². The molecule has 0 aliphatic heterocycles. The van der Waals surface area contributed by atoms with E-state index in [1.165, 1.54) is 6.07 Å². The highest BCUT2D eigenvalue weighted by molar-refractivity contribution is 5.75. The van der Waals surface area contributed by atoms with Gasteiger partial charge in [0.15, 0.2) is 0 Å². The summed E-state index contributed by atoms with van der Waals surface area (Å²) in [5.74, 6) is 0.0419. The van der Waals surface area contributed by atoms with Gasteiger partial charge in [0.25, 0.3) is 0 Å². The normalized spacial score (nSPS) is 10.8. The fourth-order valence-electron chi connectivity index (χ4n) is 1.59. The SMILES string of the molecule is CC(=O)CCCN(C)Cc1ccccc1F. The van der Waals surface area contributed by atoms with Gasteiger partial charge in [-0.25, -0.2) is 4.39 Å². The molecule has 0 amide bonds. The van der Waals surface area contributed by atoms with Crippen LogP contribution >= 0.6 is 0 Å². The predicted molar refractivity (Wildman–Crippen MR) is 62.6 cm³/mol. The first kappa shape index (κ1) is 12.8. The Morgan fingerprint density at radius 2 is 2.06 bits per heavy atom. The maximum absolute atomic E-state index is 13.3. The molecule has 0 fully saturated rings. The van der Waals surface area contributed by atoms with Crippen molar-refractivity contribution >= 4 is 5.78 Å². The summed E-state index contributed by atoms with van der Waals surface area (Å²) in [6.07, 6.45) is 1.43. The van der Waals surface area contributed by atoms with Crippen molar-refractivity contribution in [3.63, 3.8) is 0 Å². The van der Waals surface area contributed by atoms with E-state index in [1.54, 1.807) is 19.1 Å². The van der Waals surface area contributed by atoms with Crippen LogP contribution in [0.15, 0.2) is 24.3 Å². The van der Waals surface area contributed by atoms with Crippen LogP contribution in [0.3, 0.4) is 0 Å².